The molecule has 106 valence electrons. The first-order valence-electron chi connectivity index (χ1n) is 5.78. The minimum Gasteiger partial charge on any atom is -0.444 e. The number of carbonyl (C=O) groups excluding carboxylic acids is 1. The Morgan fingerprint density at radius 1 is 1.44 bits per heavy atom. The third-order valence-electron chi connectivity index (χ3n) is 2.44. The first-order chi connectivity index (χ1) is 8.08. The Morgan fingerprint density at radius 3 is 2.56 bits per heavy atom. The van der Waals surface area contributed by atoms with E-state index in [0.717, 1.165) is 6.42 Å². The lowest BCUT2D eigenvalue weighted by molar-refractivity contribution is 0.0172. The van der Waals surface area contributed by atoms with Gasteiger partial charge in [0.25, 0.3) is 0 Å². The molecule has 0 radical (unpaired) electrons. The number of likely N-dealkylation sites (tertiary alicyclic amines) is 1. The Balaban J connectivity index is 2.54. The number of hydrogen-bond acceptors (Lipinski definition) is 4. The smallest absolute Gasteiger partial charge is 0.444 e. The van der Waals surface area contributed by atoms with Gasteiger partial charge in [-0.2, -0.15) is 0 Å². The van der Waals surface area contributed by atoms with E-state index in [-0.39, 0.29) is 12.6 Å². The van der Waals surface area contributed by atoms with Crippen molar-refractivity contribution in [1.29, 1.82) is 0 Å². The Kier molecular flexibility index (Phi) is 4.78. The molecule has 7 nitrogen and oxygen atoms in total. The fourth-order valence-corrected chi connectivity index (χ4v) is 2.12. The maximum absolute atomic E-state index is 11.8. The number of ether oxygens (including phenoxy) is 1. The van der Waals surface area contributed by atoms with Crippen molar-refractivity contribution < 1.29 is 28.4 Å². The average molecular weight is 281 g/mol. The van der Waals surface area contributed by atoms with Gasteiger partial charge in [-0.1, -0.05) is 0 Å². The van der Waals surface area contributed by atoms with Crippen molar-refractivity contribution in [3.8, 4) is 0 Å². The van der Waals surface area contributed by atoms with E-state index in [0.29, 0.717) is 13.0 Å². The minimum absolute atomic E-state index is 0.177. The number of phosphoric acid groups is 1. The SMILES string of the molecule is CC(C)(C)OC(=O)N1CCC[C@H]1COP(=O)(O)O. The zero-order valence-corrected chi connectivity index (χ0v) is 11.7. The molecule has 8 heteroatoms. The molecule has 0 aromatic heterocycles. The molecule has 1 atom stereocenters. The summed E-state index contributed by atoms with van der Waals surface area (Å²) in [5, 5.41) is 0. The predicted molar refractivity (Wildman–Crippen MR) is 64.0 cm³/mol. The number of hydrogen-bond donors (Lipinski definition) is 2. The summed E-state index contributed by atoms with van der Waals surface area (Å²) in [6.07, 6.45) is 0.951. The van der Waals surface area contributed by atoms with E-state index in [2.05, 4.69) is 4.52 Å². The van der Waals surface area contributed by atoms with E-state index in [1.54, 1.807) is 20.8 Å². The predicted octanol–water partition coefficient (Wildman–Crippen LogP) is 1.50. The molecule has 18 heavy (non-hydrogen) atoms. The monoisotopic (exact) mass is 281 g/mol. The molecule has 0 unspecified atom stereocenters. The molecule has 1 heterocycles. The minimum atomic E-state index is -4.49. The Bertz CT molecular complexity index is 347. The number of carbonyl (C=O) groups is 1. The average Bonchev–Trinajstić information content (AvgIpc) is 2.58. The summed E-state index contributed by atoms with van der Waals surface area (Å²) < 4.78 is 20.3. The summed E-state index contributed by atoms with van der Waals surface area (Å²) in [4.78, 5) is 30.6. The van der Waals surface area contributed by atoms with Gasteiger partial charge >= 0.3 is 13.9 Å². The maximum atomic E-state index is 11.8. The van der Waals surface area contributed by atoms with Crippen LogP contribution >= 0.6 is 7.82 Å². The van der Waals surface area contributed by atoms with Gasteiger partial charge in [0.2, 0.25) is 0 Å². The molecule has 1 aliphatic rings. The van der Waals surface area contributed by atoms with Gasteiger partial charge < -0.3 is 19.4 Å². The van der Waals surface area contributed by atoms with Crippen molar-refractivity contribution in [2.75, 3.05) is 13.2 Å². The molecule has 1 fully saturated rings. The van der Waals surface area contributed by atoms with Gasteiger partial charge in [-0.3, -0.25) is 4.52 Å². The zero-order valence-electron chi connectivity index (χ0n) is 10.8. The Labute approximate surface area is 106 Å². The van der Waals surface area contributed by atoms with Gasteiger partial charge in [0.05, 0.1) is 12.6 Å². The molecule has 1 amide bonds. The summed E-state index contributed by atoms with van der Waals surface area (Å²) in [5.74, 6) is 0. The van der Waals surface area contributed by atoms with Crippen molar-refractivity contribution >= 4 is 13.9 Å². The summed E-state index contributed by atoms with van der Waals surface area (Å²) in [7, 11) is -4.49. The van der Waals surface area contributed by atoms with Crippen LogP contribution in [0.4, 0.5) is 4.79 Å². The molecule has 1 aliphatic heterocycles. The van der Waals surface area contributed by atoms with E-state index >= 15 is 0 Å². The van der Waals surface area contributed by atoms with Crippen LogP contribution in [0.2, 0.25) is 0 Å². The van der Waals surface area contributed by atoms with Crippen LogP contribution in [0.3, 0.4) is 0 Å². The lowest BCUT2D eigenvalue weighted by atomic mass is 10.2. The fraction of sp³-hybridized carbons (Fsp3) is 0.900. The molecule has 0 aromatic carbocycles. The van der Waals surface area contributed by atoms with E-state index in [4.69, 9.17) is 14.5 Å². The van der Waals surface area contributed by atoms with Crippen LogP contribution < -0.4 is 0 Å². The third-order valence-corrected chi connectivity index (χ3v) is 2.93. The first kappa shape index (κ1) is 15.4. The highest BCUT2D eigenvalue weighted by Gasteiger charge is 2.33. The molecule has 0 bridgehead atoms. The number of nitrogens with zero attached hydrogens (tertiary/aromatic N) is 1. The molecule has 0 aromatic rings. The van der Waals surface area contributed by atoms with Crippen LogP contribution in [0.25, 0.3) is 0 Å². The zero-order chi connectivity index (χ0) is 14.0. The highest BCUT2D eigenvalue weighted by molar-refractivity contribution is 7.46. The van der Waals surface area contributed by atoms with E-state index < -0.39 is 19.5 Å². The van der Waals surface area contributed by atoms with Crippen molar-refractivity contribution in [3.05, 3.63) is 0 Å². The topological polar surface area (TPSA) is 96.3 Å². The molecule has 0 spiro atoms. The third kappa shape index (κ3) is 5.35. The molecular formula is C10H20NO6P. The lowest BCUT2D eigenvalue weighted by Crippen LogP contribution is -2.41. The number of rotatable bonds is 3. The summed E-state index contributed by atoms with van der Waals surface area (Å²) in [6.45, 7) is 5.64. The number of phosphoric ester groups is 1. The quantitative estimate of drug-likeness (QED) is 0.761. The Morgan fingerprint density at radius 2 is 2.06 bits per heavy atom. The van der Waals surface area contributed by atoms with Crippen LogP contribution in [0.15, 0.2) is 0 Å². The van der Waals surface area contributed by atoms with E-state index in [9.17, 15) is 9.36 Å². The van der Waals surface area contributed by atoms with Crippen LogP contribution in [-0.2, 0) is 13.8 Å². The molecule has 2 N–H and O–H groups in total. The van der Waals surface area contributed by atoms with Crippen LogP contribution in [0.1, 0.15) is 33.6 Å². The summed E-state index contributed by atoms with van der Waals surface area (Å²) in [5.41, 5.74) is -0.589. The summed E-state index contributed by atoms with van der Waals surface area (Å²) in [6, 6.07) is -0.340. The Hall–Kier alpha value is -0.620. The first-order valence-corrected chi connectivity index (χ1v) is 7.31. The maximum Gasteiger partial charge on any atom is 0.469 e. The van der Waals surface area contributed by atoms with E-state index in [1.807, 2.05) is 0 Å². The van der Waals surface area contributed by atoms with Gasteiger partial charge in [-0.25, -0.2) is 9.36 Å². The van der Waals surface area contributed by atoms with Crippen LogP contribution in [0.5, 0.6) is 0 Å². The van der Waals surface area contributed by atoms with Gasteiger partial charge in [0.1, 0.15) is 5.60 Å². The van der Waals surface area contributed by atoms with E-state index in [1.165, 1.54) is 4.90 Å². The molecular weight excluding hydrogens is 261 g/mol. The second-order valence-corrected chi connectivity index (χ2v) is 6.50. The normalized spacial score (nSPS) is 21.2. The van der Waals surface area contributed by atoms with Crippen LogP contribution in [-0.4, -0.2) is 45.6 Å². The van der Waals surface area contributed by atoms with Crippen LogP contribution in [0, 0.1) is 0 Å². The highest BCUT2D eigenvalue weighted by Crippen LogP contribution is 2.37. The van der Waals surface area contributed by atoms with Gasteiger partial charge in [-0.05, 0) is 33.6 Å². The summed E-state index contributed by atoms with van der Waals surface area (Å²) >= 11 is 0. The molecule has 0 saturated carbocycles. The van der Waals surface area contributed by atoms with Gasteiger partial charge in [0.15, 0.2) is 0 Å². The fourth-order valence-electron chi connectivity index (χ4n) is 1.75. The van der Waals surface area contributed by atoms with Crippen molar-refractivity contribution in [1.82, 2.24) is 4.90 Å². The molecule has 1 saturated heterocycles. The van der Waals surface area contributed by atoms with Gasteiger partial charge in [-0.15, -0.1) is 0 Å². The van der Waals surface area contributed by atoms with Crippen molar-refractivity contribution in [3.63, 3.8) is 0 Å². The lowest BCUT2D eigenvalue weighted by Gasteiger charge is -2.28. The second-order valence-electron chi connectivity index (χ2n) is 5.26. The molecule has 1 rings (SSSR count). The second kappa shape index (κ2) is 5.57. The van der Waals surface area contributed by atoms with Crippen molar-refractivity contribution in [2.24, 2.45) is 0 Å². The highest BCUT2D eigenvalue weighted by atomic mass is 31.2. The standard InChI is InChI=1S/C10H20NO6P/c1-10(2,3)17-9(12)11-6-4-5-8(11)7-16-18(13,14)15/h8H,4-7H2,1-3H3,(H2,13,14,15)/t8-/m0/s1. The number of amides is 1. The largest absolute Gasteiger partial charge is 0.469 e. The molecule has 0 aliphatic carbocycles. The van der Waals surface area contributed by atoms with Crippen molar-refractivity contribution in [2.45, 2.75) is 45.3 Å². The van der Waals surface area contributed by atoms with Gasteiger partial charge in [0, 0.05) is 6.54 Å².